The van der Waals surface area contributed by atoms with Crippen molar-refractivity contribution in [1.29, 1.82) is 0 Å². The summed E-state index contributed by atoms with van der Waals surface area (Å²) in [6.45, 7) is 5.61. The van der Waals surface area contributed by atoms with E-state index in [4.69, 9.17) is 9.79 Å². The zero-order chi connectivity index (χ0) is 11.7. The lowest BCUT2D eigenvalue weighted by atomic mass is 9.99. The van der Waals surface area contributed by atoms with Crippen molar-refractivity contribution in [3.8, 4) is 0 Å². The minimum Gasteiger partial charge on any atom is -0.324 e. The van der Waals surface area contributed by atoms with Crippen molar-refractivity contribution in [3.05, 3.63) is 0 Å². The minimum atomic E-state index is -3.82. The molecule has 92 valence electrons. The fourth-order valence-corrected chi connectivity index (χ4v) is 1.92. The van der Waals surface area contributed by atoms with E-state index in [1.54, 1.807) is 0 Å². The van der Waals surface area contributed by atoms with E-state index in [0.29, 0.717) is 12.5 Å². The van der Waals surface area contributed by atoms with Crippen LogP contribution in [0, 0.1) is 5.92 Å². The van der Waals surface area contributed by atoms with Crippen LogP contribution in [0.4, 0.5) is 0 Å². The molecule has 0 amide bonds. The zero-order valence-corrected chi connectivity index (χ0v) is 10.7. The number of hydrogen-bond donors (Lipinski definition) is 3. The van der Waals surface area contributed by atoms with Gasteiger partial charge in [-0.3, -0.25) is 4.57 Å². The van der Waals surface area contributed by atoms with E-state index in [2.05, 4.69) is 19.2 Å². The van der Waals surface area contributed by atoms with Crippen molar-refractivity contribution in [2.24, 2.45) is 5.92 Å². The number of hydrogen-bond acceptors (Lipinski definition) is 2. The molecule has 0 aliphatic carbocycles. The van der Waals surface area contributed by atoms with E-state index < -0.39 is 7.60 Å². The van der Waals surface area contributed by atoms with Crippen LogP contribution in [-0.4, -0.2) is 29.0 Å². The fraction of sp³-hybridized carbons (Fsp3) is 1.00. The van der Waals surface area contributed by atoms with Crippen molar-refractivity contribution in [2.45, 2.75) is 39.5 Å². The molecule has 0 aliphatic rings. The second-order valence-corrected chi connectivity index (χ2v) is 5.79. The lowest BCUT2D eigenvalue weighted by Crippen LogP contribution is -2.25. The van der Waals surface area contributed by atoms with Crippen LogP contribution in [0.5, 0.6) is 0 Å². The second kappa shape index (κ2) is 8.28. The van der Waals surface area contributed by atoms with Gasteiger partial charge in [-0.2, -0.15) is 0 Å². The highest BCUT2D eigenvalue weighted by Gasteiger charge is 2.12. The SMILES string of the molecule is CCCCC(CC)CNCCP(=O)(O)O. The molecule has 3 N–H and O–H groups in total. The van der Waals surface area contributed by atoms with Gasteiger partial charge in [0.25, 0.3) is 0 Å². The van der Waals surface area contributed by atoms with E-state index in [9.17, 15) is 4.57 Å². The van der Waals surface area contributed by atoms with Crippen molar-refractivity contribution in [2.75, 3.05) is 19.3 Å². The van der Waals surface area contributed by atoms with Crippen molar-refractivity contribution < 1.29 is 14.4 Å². The summed E-state index contributed by atoms with van der Waals surface area (Å²) in [5.74, 6) is 0.640. The molecule has 1 atom stereocenters. The molecule has 4 nitrogen and oxygen atoms in total. The van der Waals surface area contributed by atoms with E-state index in [0.717, 1.165) is 13.0 Å². The summed E-state index contributed by atoms with van der Waals surface area (Å²) in [5, 5.41) is 3.11. The largest absolute Gasteiger partial charge is 0.326 e. The quantitative estimate of drug-likeness (QED) is 0.423. The summed E-state index contributed by atoms with van der Waals surface area (Å²) in [7, 11) is -3.82. The van der Waals surface area contributed by atoms with Gasteiger partial charge in [-0.1, -0.05) is 33.1 Å². The average molecular weight is 237 g/mol. The molecule has 0 saturated carbocycles. The van der Waals surface area contributed by atoms with Crippen LogP contribution in [0.25, 0.3) is 0 Å². The first-order chi connectivity index (χ1) is 6.99. The first-order valence-electron chi connectivity index (χ1n) is 5.74. The molecule has 0 aromatic heterocycles. The van der Waals surface area contributed by atoms with Gasteiger partial charge in [0, 0.05) is 6.54 Å². The Hall–Kier alpha value is 0.110. The Bertz CT molecular complexity index is 193. The summed E-state index contributed by atoms with van der Waals surface area (Å²) in [4.78, 5) is 17.3. The van der Waals surface area contributed by atoms with E-state index in [1.807, 2.05) is 0 Å². The molecule has 0 rings (SSSR count). The molecule has 0 bridgehead atoms. The molecule has 5 heteroatoms. The van der Waals surface area contributed by atoms with Gasteiger partial charge in [-0.15, -0.1) is 0 Å². The summed E-state index contributed by atoms with van der Waals surface area (Å²) < 4.78 is 10.6. The molecule has 0 aromatic carbocycles. The Labute approximate surface area is 92.6 Å². The van der Waals surface area contributed by atoms with Crippen LogP contribution in [-0.2, 0) is 4.57 Å². The van der Waals surface area contributed by atoms with E-state index >= 15 is 0 Å². The molecule has 0 radical (unpaired) electrons. The minimum absolute atomic E-state index is 0.0583. The molecule has 15 heavy (non-hydrogen) atoms. The van der Waals surface area contributed by atoms with Crippen LogP contribution in [0.15, 0.2) is 0 Å². The molecule has 0 fully saturated rings. The first-order valence-corrected chi connectivity index (χ1v) is 7.54. The third-order valence-corrected chi connectivity index (χ3v) is 3.36. The van der Waals surface area contributed by atoms with Crippen LogP contribution in [0.3, 0.4) is 0 Å². The maximum Gasteiger partial charge on any atom is 0.326 e. The Kier molecular flexibility index (Phi) is 8.34. The van der Waals surface area contributed by atoms with Gasteiger partial charge >= 0.3 is 7.60 Å². The monoisotopic (exact) mass is 237 g/mol. The highest BCUT2D eigenvalue weighted by molar-refractivity contribution is 7.51. The van der Waals surface area contributed by atoms with Crippen LogP contribution < -0.4 is 5.32 Å². The van der Waals surface area contributed by atoms with Crippen molar-refractivity contribution in [3.63, 3.8) is 0 Å². The van der Waals surface area contributed by atoms with Gasteiger partial charge in [-0.05, 0) is 18.9 Å². The number of nitrogens with one attached hydrogen (secondary N) is 1. The van der Waals surface area contributed by atoms with Gasteiger partial charge in [0.1, 0.15) is 0 Å². The Balaban J connectivity index is 3.50. The lowest BCUT2D eigenvalue weighted by molar-refractivity contribution is 0.369. The van der Waals surface area contributed by atoms with Crippen LogP contribution in [0.1, 0.15) is 39.5 Å². The third kappa shape index (κ3) is 10.4. The highest BCUT2D eigenvalue weighted by Crippen LogP contribution is 2.32. The van der Waals surface area contributed by atoms with Gasteiger partial charge in [0.05, 0.1) is 6.16 Å². The molecule has 0 saturated heterocycles. The summed E-state index contributed by atoms with van der Waals surface area (Å²) in [5.41, 5.74) is 0. The standard InChI is InChI=1S/C10H24NO3P/c1-3-5-6-10(4-2)9-11-7-8-15(12,13)14/h10-11H,3-9H2,1-2H3,(H2,12,13,14). The lowest BCUT2D eigenvalue weighted by Gasteiger charge is -2.15. The molecular formula is C10H24NO3P. The Morgan fingerprint density at radius 2 is 2.00 bits per heavy atom. The van der Waals surface area contributed by atoms with Gasteiger partial charge < -0.3 is 15.1 Å². The summed E-state index contributed by atoms with van der Waals surface area (Å²) >= 11 is 0. The third-order valence-electron chi connectivity index (χ3n) is 2.56. The summed E-state index contributed by atoms with van der Waals surface area (Å²) in [6, 6.07) is 0. The number of rotatable bonds is 9. The number of unbranched alkanes of at least 4 members (excludes halogenated alkanes) is 1. The Morgan fingerprint density at radius 1 is 1.33 bits per heavy atom. The van der Waals surface area contributed by atoms with Gasteiger partial charge in [0.2, 0.25) is 0 Å². The molecule has 0 spiro atoms. The fourth-order valence-electron chi connectivity index (χ4n) is 1.47. The molecule has 0 aliphatic heterocycles. The first kappa shape index (κ1) is 15.1. The zero-order valence-electron chi connectivity index (χ0n) is 9.78. The van der Waals surface area contributed by atoms with Gasteiger partial charge in [-0.25, -0.2) is 0 Å². The maximum absolute atomic E-state index is 10.6. The van der Waals surface area contributed by atoms with E-state index in [1.165, 1.54) is 19.3 Å². The van der Waals surface area contributed by atoms with Crippen molar-refractivity contribution >= 4 is 7.60 Å². The Morgan fingerprint density at radius 3 is 2.47 bits per heavy atom. The summed E-state index contributed by atoms with van der Waals surface area (Å²) in [6.07, 6.45) is 4.72. The predicted molar refractivity (Wildman–Crippen MR) is 63.1 cm³/mol. The molecule has 1 unspecified atom stereocenters. The topological polar surface area (TPSA) is 69.6 Å². The average Bonchev–Trinajstić information content (AvgIpc) is 2.15. The normalized spacial score (nSPS) is 14.1. The van der Waals surface area contributed by atoms with Gasteiger partial charge in [0.15, 0.2) is 0 Å². The van der Waals surface area contributed by atoms with Crippen LogP contribution in [0.2, 0.25) is 0 Å². The van der Waals surface area contributed by atoms with E-state index in [-0.39, 0.29) is 6.16 Å². The van der Waals surface area contributed by atoms with Crippen molar-refractivity contribution in [1.82, 2.24) is 5.32 Å². The smallest absolute Gasteiger partial charge is 0.324 e. The molecule has 0 aromatic rings. The second-order valence-electron chi connectivity index (χ2n) is 4.01. The molecule has 0 heterocycles. The maximum atomic E-state index is 10.6. The van der Waals surface area contributed by atoms with Crippen LogP contribution >= 0.6 is 7.60 Å². The highest BCUT2D eigenvalue weighted by atomic mass is 31.2. The molecular weight excluding hydrogens is 213 g/mol. The predicted octanol–water partition coefficient (Wildman–Crippen LogP) is 1.97.